The quantitative estimate of drug-likeness (QED) is 0.637. The van der Waals surface area contributed by atoms with Gasteiger partial charge in [-0.05, 0) is 71.6 Å². The highest BCUT2D eigenvalue weighted by molar-refractivity contribution is 7.90. The molecule has 0 bridgehead atoms. The smallest absolute Gasteiger partial charge is 0.175 e. The summed E-state index contributed by atoms with van der Waals surface area (Å²) in [4.78, 5) is 5.18. The number of likely N-dealkylation sites (tertiary alicyclic amines) is 1. The molecule has 0 atom stereocenters. The minimum atomic E-state index is -3.27. The molecule has 7 nitrogen and oxygen atoms in total. The minimum Gasteiger partial charge on any atom is -0.369 e. The summed E-state index contributed by atoms with van der Waals surface area (Å²) in [6, 6.07) is 11.0. The molecule has 5 rings (SSSR count). The second-order valence-corrected chi connectivity index (χ2v) is 10.2. The zero-order valence-corrected chi connectivity index (χ0v) is 17.2. The van der Waals surface area contributed by atoms with Crippen molar-refractivity contribution in [2.45, 2.75) is 17.7 Å². The third-order valence-electron chi connectivity index (χ3n) is 5.95. The van der Waals surface area contributed by atoms with Gasteiger partial charge in [0.25, 0.3) is 0 Å². The topological polar surface area (TPSA) is 79.5 Å². The van der Waals surface area contributed by atoms with Crippen molar-refractivity contribution in [2.75, 3.05) is 43.9 Å². The molecule has 2 aromatic carbocycles. The molecule has 1 aromatic heterocycles. The summed E-state index contributed by atoms with van der Waals surface area (Å²) in [6.07, 6.45) is 3.86. The molecule has 3 heterocycles. The van der Waals surface area contributed by atoms with E-state index in [1.165, 1.54) is 32.2 Å². The summed E-state index contributed by atoms with van der Waals surface area (Å²) in [7, 11) is -3.27. The summed E-state index contributed by atoms with van der Waals surface area (Å²) in [5.74, 6) is 0.667. The molecule has 2 fully saturated rings. The zero-order chi connectivity index (χ0) is 20.0. The average Bonchev–Trinajstić information content (AvgIpc) is 3.34. The first kappa shape index (κ1) is 18.6. The van der Waals surface area contributed by atoms with Gasteiger partial charge >= 0.3 is 0 Å². The largest absolute Gasteiger partial charge is 0.369 e. The summed E-state index contributed by atoms with van der Waals surface area (Å²) in [5, 5.41) is 8.15. The third kappa shape index (κ3) is 3.62. The van der Waals surface area contributed by atoms with Crippen LogP contribution >= 0.6 is 0 Å². The van der Waals surface area contributed by atoms with E-state index < -0.39 is 9.84 Å². The maximum Gasteiger partial charge on any atom is 0.175 e. The van der Waals surface area contributed by atoms with E-state index in [-0.39, 0.29) is 0 Å². The number of hydrogen-bond donors (Lipinski definition) is 0. The van der Waals surface area contributed by atoms with E-state index in [4.69, 9.17) is 4.63 Å². The lowest BCUT2D eigenvalue weighted by molar-refractivity contribution is 0.247. The molecule has 0 saturated carbocycles. The number of aromatic nitrogens is 2. The van der Waals surface area contributed by atoms with Gasteiger partial charge in [-0.3, -0.25) is 0 Å². The van der Waals surface area contributed by atoms with Gasteiger partial charge in [-0.25, -0.2) is 13.0 Å². The Bertz CT molecular complexity index is 1150. The molecule has 0 radical (unpaired) electrons. The van der Waals surface area contributed by atoms with Crippen molar-refractivity contribution in [1.29, 1.82) is 0 Å². The van der Waals surface area contributed by atoms with Gasteiger partial charge in [0.05, 0.1) is 10.6 Å². The summed E-state index contributed by atoms with van der Waals surface area (Å²) in [5.41, 5.74) is 4.20. The molecular formula is C21H24N4O3S. The van der Waals surface area contributed by atoms with Gasteiger partial charge in [0.15, 0.2) is 15.4 Å². The molecule has 152 valence electrons. The van der Waals surface area contributed by atoms with Gasteiger partial charge in [-0.1, -0.05) is 12.1 Å². The summed E-state index contributed by atoms with van der Waals surface area (Å²) in [6.45, 7) is 5.59. The van der Waals surface area contributed by atoms with Crippen molar-refractivity contribution >= 4 is 26.6 Å². The van der Waals surface area contributed by atoms with E-state index in [0.29, 0.717) is 16.3 Å². The highest BCUT2D eigenvalue weighted by atomic mass is 32.2. The lowest BCUT2D eigenvalue weighted by Crippen LogP contribution is -2.51. The van der Waals surface area contributed by atoms with Crippen LogP contribution in [0.25, 0.3) is 22.2 Å². The molecule has 2 aliphatic heterocycles. The second-order valence-electron chi connectivity index (χ2n) is 8.21. The van der Waals surface area contributed by atoms with Crippen LogP contribution in [-0.4, -0.2) is 62.6 Å². The van der Waals surface area contributed by atoms with Gasteiger partial charge in [0.1, 0.15) is 5.52 Å². The van der Waals surface area contributed by atoms with Crippen LogP contribution in [0, 0.1) is 5.92 Å². The van der Waals surface area contributed by atoms with E-state index in [1.807, 2.05) is 12.1 Å². The number of rotatable bonds is 5. The molecule has 8 heteroatoms. The predicted octanol–water partition coefficient (Wildman–Crippen LogP) is 2.83. The number of nitrogens with zero attached hydrogens (tertiary/aromatic N) is 4. The van der Waals surface area contributed by atoms with E-state index in [9.17, 15) is 8.42 Å². The fourth-order valence-corrected chi connectivity index (χ4v) is 5.07. The molecule has 0 N–H and O–H groups in total. The van der Waals surface area contributed by atoms with Crippen LogP contribution in [0.4, 0.5) is 5.69 Å². The van der Waals surface area contributed by atoms with Crippen molar-refractivity contribution in [3.63, 3.8) is 0 Å². The van der Waals surface area contributed by atoms with Crippen molar-refractivity contribution in [1.82, 2.24) is 15.2 Å². The highest BCUT2D eigenvalue weighted by Gasteiger charge is 2.31. The Hall–Kier alpha value is -2.45. The summed E-state index contributed by atoms with van der Waals surface area (Å²) >= 11 is 0. The predicted molar refractivity (Wildman–Crippen MR) is 112 cm³/mol. The average molecular weight is 413 g/mol. The van der Waals surface area contributed by atoms with Crippen molar-refractivity contribution in [3.8, 4) is 11.1 Å². The fraction of sp³-hybridized carbons (Fsp3) is 0.429. The number of anilines is 1. The van der Waals surface area contributed by atoms with Crippen LogP contribution in [0.3, 0.4) is 0 Å². The van der Waals surface area contributed by atoms with Crippen LogP contribution in [0.15, 0.2) is 45.9 Å². The van der Waals surface area contributed by atoms with Crippen LogP contribution in [0.2, 0.25) is 0 Å². The van der Waals surface area contributed by atoms with Crippen LogP contribution in [0.1, 0.15) is 12.8 Å². The number of fused-ring (bicyclic) bond motifs is 1. The maximum absolute atomic E-state index is 11.9. The molecule has 0 unspecified atom stereocenters. The Morgan fingerprint density at radius 3 is 2.62 bits per heavy atom. The van der Waals surface area contributed by atoms with Crippen LogP contribution in [0.5, 0.6) is 0 Å². The van der Waals surface area contributed by atoms with Crippen LogP contribution < -0.4 is 4.90 Å². The van der Waals surface area contributed by atoms with Crippen molar-refractivity contribution < 1.29 is 13.0 Å². The Kier molecular flexibility index (Phi) is 4.55. The van der Waals surface area contributed by atoms with Crippen molar-refractivity contribution in [3.05, 3.63) is 36.4 Å². The Balaban J connectivity index is 1.44. The monoisotopic (exact) mass is 412 g/mol. The lowest BCUT2D eigenvalue weighted by Gasteiger charge is -2.42. The fourth-order valence-electron chi connectivity index (χ4n) is 4.40. The lowest BCUT2D eigenvalue weighted by atomic mass is 9.96. The zero-order valence-electron chi connectivity index (χ0n) is 16.4. The van der Waals surface area contributed by atoms with Gasteiger partial charge < -0.3 is 9.80 Å². The first-order valence-electron chi connectivity index (χ1n) is 10.0. The summed E-state index contributed by atoms with van der Waals surface area (Å²) < 4.78 is 28.9. The first-order chi connectivity index (χ1) is 14.0. The van der Waals surface area contributed by atoms with Crippen molar-refractivity contribution in [2.24, 2.45) is 5.92 Å². The van der Waals surface area contributed by atoms with E-state index in [1.54, 1.807) is 18.2 Å². The van der Waals surface area contributed by atoms with Crippen LogP contribution in [-0.2, 0) is 9.84 Å². The minimum absolute atomic E-state index is 0.310. The number of hydrogen-bond acceptors (Lipinski definition) is 7. The van der Waals surface area contributed by atoms with Gasteiger partial charge in [-0.2, -0.15) is 0 Å². The number of sulfone groups is 1. The normalized spacial score (nSPS) is 18.4. The van der Waals surface area contributed by atoms with Gasteiger partial charge in [0.2, 0.25) is 0 Å². The third-order valence-corrected chi connectivity index (χ3v) is 7.06. The molecule has 0 aliphatic carbocycles. The Labute approximate surface area is 170 Å². The molecule has 2 aliphatic rings. The Morgan fingerprint density at radius 2 is 1.86 bits per heavy atom. The number of benzene rings is 2. The molecule has 2 saturated heterocycles. The van der Waals surface area contributed by atoms with E-state index in [2.05, 4.69) is 26.2 Å². The SMILES string of the molecule is CS(=O)(=O)c1cccc(-c2cc(N3CC(CN4CCCC4)C3)c3nonc3c2)c1. The Morgan fingerprint density at radius 1 is 1.07 bits per heavy atom. The maximum atomic E-state index is 11.9. The van der Waals surface area contributed by atoms with E-state index in [0.717, 1.165) is 42.0 Å². The van der Waals surface area contributed by atoms with Gasteiger partial charge in [0, 0.05) is 31.8 Å². The molecule has 3 aromatic rings. The molecule has 29 heavy (non-hydrogen) atoms. The van der Waals surface area contributed by atoms with Gasteiger partial charge in [-0.15, -0.1) is 0 Å². The first-order valence-corrected chi connectivity index (χ1v) is 11.9. The molecule has 0 amide bonds. The highest BCUT2D eigenvalue weighted by Crippen LogP contribution is 2.36. The standard InChI is InChI=1S/C21H24N4O3S/c1-29(26,27)18-6-4-5-16(9-18)17-10-19-21(23-28-22-19)20(11-17)25-13-15(14-25)12-24-7-2-3-8-24/h4-6,9-11,15H,2-3,7-8,12-14H2,1H3. The van der Waals surface area contributed by atoms with E-state index >= 15 is 0 Å². The second kappa shape index (κ2) is 7.11. The molecular weight excluding hydrogens is 388 g/mol. The molecule has 0 spiro atoms.